The minimum atomic E-state index is -4.47. The number of likely N-dealkylation sites (tertiary alicyclic amines) is 1. The van der Waals surface area contributed by atoms with Crippen LogP contribution in [-0.2, 0) is 15.8 Å². The topological polar surface area (TPSA) is 49.4 Å². The number of alkyl halides is 3. The molecule has 3 aliphatic rings. The van der Waals surface area contributed by atoms with E-state index in [0.717, 1.165) is 56.0 Å². The first-order valence-corrected chi connectivity index (χ1v) is 10.4. The monoisotopic (exact) mass is 410 g/mol. The first-order valence-electron chi connectivity index (χ1n) is 9.55. The molecule has 2 heterocycles. The summed E-state index contributed by atoms with van der Waals surface area (Å²) < 4.78 is 38.6. The van der Waals surface area contributed by atoms with E-state index in [2.05, 4.69) is 5.32 Å². The number of anilines is 1. The lowest BCUT2D eigenvalue weighted by Crippen LogP contribution is -2.49. The number of benzene rings is 1. The quantitative estimate of drug-likeness (QED) is 0.676. The summed E-state index contributed by atoms with van der Waals surface area (Å²) in [6.45, 7) is 0.696. The van der Waals surface area contributed by atoms with Crippen molar-refractivity contribution in [1.29, 1.82) is 0 Å². The summed E-state index contributed by atoms with van der Waals surface area (Å²) in [4.78, 5) is 27.8. The third-order valence-corrected chi connectivity index (χ3v) is 6.88. The lowest BCUT2D eigenvalue weighted by Gasteiger charge is -2.43. The fourth-order valence-electron chi connectivity index (χ4n) is 4.43. The van der Waals surface area contributed by atoms with Crippen LogP contribution in [0.5, 0.6) is 0 Å². The molecule has 8 heteroatoms. The number of piperidine rings is 1. The van der Waals surface area contributed by atoms with E-state index >= 15 is 0 Å². The lowest BCUT2D eigenvalue weighted by atomic mass is 9.78. The van der Waals surface area contributed by atoms with Crippen molar-refractivity contribution in [2.24, 2.45) is 5.92 Å². The standard InChI is InChI=1S/C20H21F3N2O2S/c21-20(22,23)13-7-8-16-14(10-13)24-19(27)17(28-16)11-18(26)25-9-3-5-12-4-1-2-6-15(12)25/h7-8,10-12,15H,1-6,9H2,(H,24,27)/b17-11+/t12-,15-/m0/s1. The SMILES string of the molecule is O=C1Nc2cc(C(F)(F)F)ccc2S/C1=C/C(=O)N1CCC[C@@H]2CCCC[C@@H]21. The van der Waals surface area contributed by atoms with Crippen molar-refractivity contribution in [3.63, 3.8) is 0 Å². The summed E-state index contributed by atoms with van der Waals surface area (Å²) in [6, 6.07) is 3.49. The largest absolute Gasteiger partial charge is 0.416 e. The van der Waals surface area contributed by atoms with Crippen LogP contribution in [0.4, 0.5) is 18.9 Å². The molecule has 0 unspecified atom stereocenters. The number of fused-ring (bicyclic) bond motifs is 2. The van der Waals surface area contributed by atoms with Gasteiger partial charge in [0.1, 0.15) is 0 Å². The van der Waals surface area contributed by atoms with Crippen molar-refractivity contribution < 1.29 is 22.8 Å². The van der Waals surface area contributed by atoms with Crippen LogP contribution in [0, 0.1) is 5.92 Å². The van der Waals surface area contributed by atoms with Crippen LogP contribution in [0.25, 0.3) is 0 Å². The molecule has 1 aliphatic carbocycles. The number of carbonyl (C=O) groups excluding carboxylic acids is 2. The second kappa shape index (κ2) is 7.46. The van der Waals surface area contributed by atoms with Crippen LogP contribution in [0.3, 0.4) is 0 Å². The number of thioether (sulfide) groups is 1. The third kappa shape index (κ3) is 3.79. The van der Waals surface area contributed by atoms with Gasteiger partial charge >= 0.3 is 6.18 Å². The Labute approximate surface area is 165 Å². The highest BCUT2D eigenvalue weighted by Crippen LogP contribution is 2.42. The van der Waals surface area contributed by atoms with Gasteiger partial charge in [0.15, 0.2) is 0 Å². The molecule has 2 fully saturated rings. The van der Waals surface area contributed by atoms with Gasteiger partial charge in [-0.25, -0.2) is 0 Å². The molecule has 1 aromatic rings. The van der Waals surface area contributed by atoms with Gasteiger partial charge in [0.2, 0.25) is 5.91 Å². The van der Waals surface area contributed by atoms with Gasteiger partial charge in [-0.1, -0.05) is 24.6 Å². The van der Waals surface area contributed by atoms with E-state index in [1.807, 2.05) is 4.90 Å². The molecular weight excluding hydrogens is 389 g/mol. The number of hydrogen-bond acceptors (Lipinski definition) is 3. The Morgan fingerprint density at radius 1 is 1.18 bits per heavy atom. The zero-order valence-electron chi connectivity index (χ0n) is 15.2. The normalized spacial score (nSPS) is 26.5. The van der Waals surface area contributed by atoms with Crippen LogP contribution >= 0.6 is 11.8 Å². The molecule has 150 valence electrons. The van der Waals surface area contributed by atoms with Gasteiger partial charge in [0.05, 0.1) is 16.2 Å². The van der Waals surface area contributed by atoms with Crippen LogP contribution in [0.1, 0.15) is 44.1 Å². The molecule has 0 bridgehead atoms. The van der Waals surface area contributed by atoms with E-state index in [1.165, 1.54) is 18.6 Å². The Kier molecular flexibility index (Phi) is 5.16. The van der Waals surface area contributed by atoms with Crippen molar-refractivity contribution in [2.75, 3.05) is 11.9 Å². The second-order valence-corrected chi connectivity index (χ2v) is 8.64. The fourth-order valence-corrected chi connectivity index (χ4v) is 5.33. The average Bonchev–Trinajstić information content (AvgIpc) is 2.67. The zero-order chi connectivity index (χ0) is 19.9. The first-order chi connectivity index (χ1) is 13.3. The molecule has 2 atom stereocenters. The summed E-state index contributed by atoms with van der Waals surface area (Å²) in [6.07, 6.45) is 3.47. The van der Waals surface area contributed by atoms with Crippen molar-refractivity contribution in [2.45, 2.75) is 55.6 Å². The van der Waals surface area contributed by atoms with E-state index in [0.29, 0.717) is 17.4 Å². The van der Waals surface area contributed by atoms with Crippen molar-refractivity contribution in [3.8, 4) is 0 Å². The maximum atomic E-state index is 12.9. The number of amides is 2. The number of hydrogen-bond donors (Lipinski definition) is 1. The van der Waals surface area contributed by atoms with Gasteiger partial charge in [-0.2, -0.15) is 13.2 Å². The maximum Gasteiger partial charge on any atom is 0.416 e. The van der Waals surface area contributed by atoms with E-state index in [9.17, 15) is 22.8 Å². The summed E-state index contributed by atoms with van der Waals surface area (Å²) in [5, 5.41) is 2.49. The Balaban J connectivity index is 1.54. The van der Waals surface area contributed by atoms with E-state index in [-0.39, 0.29) is 22.5 Å². The van der Waals surface area contributed by atoms with E-state index in [4.69, 9.17) is 0 Å². The number of halogens is 3. The summed E-state index contributed by atoms with van der Waals surface area (Å²) in [5.74, 6) is -0.175. The summed E-state index contributed by atoms with van der Waals surface area (Å²) in [5.41, 5.74) is -0.688. The molecule has 1 saturated heterocycles. The molecule has 1 aromatic carbocycles. The molecule has 4 rings (SSSR count). The Hall–Kier alpha value is -1.96. The van der Waals surface area contributed by atoms with Crippen LogP contribution in [0.15, 0.2) is 34.1 Å². The molecule has 1 saturated carbocycles. The number of carbonyl (C=O) groups is 2. The minimum absolute atomic E-state index is 0.125. The molecule has 0 aromatic heterocycles. The Bertz CT molecular complexity index is 835. The van der Waals surface area contributed by atoms with Crippen LogP contribution in [0.2, 0.25) is 0 Å². The van der Waals surface area contributed by atoms with E-state index in [1.54, 1.807) is 0 Å². The number of nitrogens with one attached hydrogen (secondary N) is 1. The number of rotatable bonds is 1. The highest BCUT2D eigenvalue weighted by atomic mass is 32.2. The fraction of sp³-hybridized carbons (Fsp3) is 0.500. The van der Waals surface area contributed by atoms with Crippen LogP contribution in [-0.4, -0.2) is 29.3 Å². The second-order valence-electron chi connectivity index (χ2n) is 7.56. The summed E-state index contributed by atoms with van der Waals surface area (Å²) in [7, 11) is 0. The average molecular weight is 410 g/mol. The highest BCUT2D eigenvalue weighted by Gasteiger charge is 2.36. The van der Waals surface area contributed by atoms with Gasteiger partial charge in [0, 0.05) is 23.6 Å². The third-order valence-electron chi connectivity index (χ3n) is 5.78. The van der Waals surface area contributed by atoms with Gasteiger partial charge in [-0.3, -0.25) is 9.59 Å². The Morgan fingerprint density at radius 2 is 1.93 bits per heavy atom. The van der Waals surface area contributed by atoms with Gasteiger partial charge in [-0.15, -0.1) is 0 Å². The van der Waals surface area contributed by atoms with Gasteiger partial charge in [-0.05, 0) is 49.8 Å². The van der Waals surface area contributed by atoms with E-state index < -0.39 is 17.6 Å². The summed E-state index contributed by atoms with van der Waals surface area (Å²) >= 11 is 1.04. The molecule has 2 aliphatic heterocycles. The predicted molar refractivity (Wildman–Crippen MR) is 101 cm³/mol. The highest BCUT2D eigenvalue weighted by molar-refractivity contribution is 8.04. The first kappa shape index (κ1) is 19.4. The lowest BCUT2D eigenvalue weighted by molar-refractivity contribution is -0.137. The van der Waals surface area contributed by atoms with Crippen molar-refractivity contribution >= 4 is 29.3 Å². The van der Waals surface area contributed by atoms with Crippen molar-refractivity contribution in [1.82, 2.24) is 4.90 Å². The molecular formula is C20H21F3N2O2S. The maximum absolute atomic E-state index is 12.9. The Morgan fingerprint density at radius 3 is 2.71 bits per heavy atom. The molecule has 2 amide bonds. The zero-order valence-corrected chi connectivity index (χ0v) is 16.0. The van der Waals surface area contributed by atoms with Crippen LogP contribution < -0.4 is 5.32 Å². The molecule has 0 spiro atoms. The molecule has 28 heavy (non-hydrogen) atoms. The van der Waals surface area contributed by atoms with Gasteiger partial charge < -0.3 is 10.2 Å². The van der Waals surface area contributed by atoms with Gasteiger partial charge in [0.25, 0.3) is 5.91 Å². The smallest absolute Gasteiger partial charge is 0.336 e. The van der Waals surface area contributed by atoms with Crippen molar-refractivity contribution in [3.05, 3.63) is 34.7 Å². The molecule has 4 nitrogen and oxygen atoms in total. The molecule has 1 N–H and O–H groups in total. The minimum Gasteiger partial charge on any atom is -0.336 e. The number of nitrogens with zero attached hydrogens (tertiary/aromatic N) is 1. The predicted octanol–water partition coefficient (Wildman–Crippen LogP) is 4.81. The molecule has 0 radical (unpaired) electrons.